The smallest absolute Gasteiger partial charge is 0.247 e. The third-order valence-electron chi connectivity index (χ3n) is 1.44. The molecule has 1 aromatic heterocycles. The van der Waals surface area contributed by atoms with Gasteiger partial charge in [0.2, 0.25) is 10.0 Å². The molecule has 0 spiro atoms. The van der Waals surface area contributed by atoms with Crippen molar-refractivity contribution in [2.24, 2.45) is 5.14 Å². The summed E-state index contributed by atoms with van der Waals surface area (Å²) in [5.41, 5.74) is 0.478. The third-order valence-corrected chi connectivity index (χ3v) is 3.96. The van der Waals surface area contributed by atoms with Crippen molar-refractivity contribution in [2.45, 2.75) is 10.8 Å². The Labute approximate surface area is 85.5 Å². The average molecular weight is 239 g/mol. The number of nitrogens with two attached hydrogens (primary N) is 1. The van der Waals surface area contributed by atoms with Crippen molar-refractivity contribution in [3.05, 3.63) is 17.0 Å². The lowest BCUT2D eigenvalue weighted by Crippen LogP contribution is -2.12. The van der Waals surface area contributed by atoms with Crippen molar-refractivity contribution in [3.8, 4) is 0 Å². The summed E-state index contributed by atoms with van der Waals surface area (Å²) in [6.07, 6.45) is 0. The molecule has 0 unspecified atom stereocenters. The van der Waals surface area contributed by atoms with Crippen molar-refractivity contribution < 1.29 is 17.5 Å². The van der Waals surface area contributed by atoms with Crippen LogP contribution in [-0.4, -0.2) is 21.7 Å². The topological polar surface area (TPSA) is 69.4 Å². The number of sulfonamides is 1. The second kappa shape index (κ2) is 4.83. The first-order chi connectivity index (χ1) is 6.55. The lowest BCUT2D eigenvalue weighted by Gasteiger charge is -2.01. The van der Waals surface area contributed by atoms with Gasteiger partial charge in [-0.2, -0.15) is 0 Å². The fourth-order valence-corrected chi connectivity index (χ4v) is 2.75. The van der Waals surface area contributed by atoms with Crippen LogP contribution in [0.4, 0.5) is 4.39 Å². The Balaban J connectivity index is 2.74. The zero-order chi connectivity index (χ0) is 10.6. The zero-order valence-corrected chi connectivity index (χ0v) is 8.91. The summed E-state index contributed by atoms with van der Waals surface area (Å²) in [6.45, 7) is -0.562. The van der Waals surface area contributed by atoms with Crippen LogP contribution in [-0.2, 0) is 21.4 Å². The molecule has 0 aliphatic rings. The first-order valence-corrected chi connectivity index (χ1v) is 6.21. The second-order valence-electron chi connectivity index (χ2n) is 2.52. The second-order valence-corrected chi connectivity index (χ2v) is 5.19. The molecule has 0 saturated heterocycles. The van der Waals surface area contributed by atoms with Crippen LogP contribution in [0.5, 0.6) is 0 Å². The molecule has 2 N–H and O–H groups in total. The Hall–Kier alpha value is -0.500. The molecule has 80 valence electrons. The summed E-state index contributed by atoms with van der Waals surface area (Å²) in [5, 5.41) is 6.56. The van der Waals surface area contributed by atoms with Gasteiger partial charge in [0.15, 0.2) is 0 Å². The Morgan fingerprint density at radius 2 is 2.29 bits per heavy atom. The minimum Gasteiger partial charge on any atom is -0.374 e. The van der Waals surface area contributed by atoms with Gasteiger partial charge in [-0.15, -0.1) is 11.3 Å². The molecular weight excluding hydrogens is 229 g/mol. The maximum atomic E-state index is 11.7. The minimum atomic E-state index is -3.68. The Morgan fingerprint density at radius 1 is 1.57 bits per heavy atom. The fraction of sp³-hybridized carbons (Fsp3) is 0.429. The average Bonchev–Trinajstić information content (AvgIpc) is 2.52. The monoisotopic (exact) mass is 239 g/mol. The van der Waals surface area contributed by atoms with Gasteiger partial charge in [0, 0.05) is 5.56 Å². The van der Waals surface area contributed by atoms with E-state index in [4.69, 9.17) is 9.88 Å². The van der Waals surface area contributed by atoms with Crippen LogP contribution in [0.3, 0.4) is 0 Å². The number of hydrogen-bond donors (Lipinski definition) is 1. The molecule has 0 saturated carbocycles. The minimum absolute atomic E-state index is 0.0418. The predicted molar refractivity (Wildman–Crippen MR) is 51.3 cm³/mol. The van der Waals surface area contributed by atoms with Gasteiger partial charge >= 0.3 is 0 Å². The molecule has 1 heterocycles. The summed E-state index contributed by atoms with van der Waals surface area (Å²) in [5.74, 6) is 0. The molecule has 7 heteroatoms. The molecule has 0 bridgehead atoms. The van der Waals surface area contributed by atoms with Crippen molar-refractivity contribution in [2.75, 3.05) is 13.3 Å². The molecule has 14 heavy (non-hydrogen) atoms. The summed E-state index contributed by atoms with van der Waals surface area (Å²) < 4.78 is 38.7. The van der Waals surface area contributed by atoms with E-state index < -0.39 is 16.7 Å². The number of rotatable bonds is 5. The van der Waals surface area contributed by atoms with Crippen LogP contribution in [0.1, 0.15) is 5.56 Å². The van der Waals surface area contributed by atoms with E-state index in [-0.39, 0.29) is 17.4 Å². The van der Waals surface area contributed by atoms with Gasteiger partial charge in [-0.05, 0) is 11.4 Å². The molecule has 0 amide bonds. The van der Waals surface area contributed by atoms with Crippen molar-refractivity contribution in [1.29, 1.82) is 0 Å². The third kappa shape index (κ3) is 3.02. The van der Waals surface area contributed by atoms with E-state index in [1.165, 1.54) is 0 Å². The number of halogens is 1. The highest BCUT2D eigenvalue weighted by Gasteiger charge is 2.15. The van der Waals surface area contributed by atoms with E-state index in [2.05, 4.69) is 0 Å². The van der Waals surface area contributed by atoms with Crippen LogP contribution in [0, 0.1) is 0 Å². The largest absolute Gasteiger partial charge is 0.374 e. The van der Waals surface area contributed by atoms with Crippen LogP contribution < -0.4 is 5.14 Å². The lowest BCUT2D eigenvalue weighted by molar-refractivity contribution is 0.105. The van der Waals surface area contributed by atoms with Gasteiger partial charge in [0.25, 0.3) is 0 Å². The highest BCUT2D eigenvalue weighted by atomic mass is 32.2. The first-order valence-electron chi connectivity index (χ1n) is 3.78. The number of ether oxygens (including phenoxy) is 1. The molecule has 0 atom stereocenters. The van der Waals surface area contributed by atoms with Gasteiger partial charge < -0.3 is 4.74 Å². The molecule has 0 radical (unpaired) electrons. The predicted octanol–water partition coefficient (Wildman–Crippen LogP) is 0.882. The van der Waals surface area contributed by atoms with Crippen molar-refractivity contribution in [3.63, 3.8) is 0 Å². The molecular formula is C7H10FNO3S2. The maximum absolute atomic E-state index is 11.7. The van der Waals surface area contributed by atoms with E-state index in [9.17, 15) is 12.8 Å². The van der Waals surface area contributed by atoms with Crippen molar-refractivity contribution >= 4 is 21.4 Å². The lowest BCUT2D eigenvalue weighted by atomic mass is 10.4. The number of primary sulfonamides is 1. The maximum Gasteiger partial charge on any atom is 0.247 e. The van der Waals surface area contributed by atoms with E-state index in [1.54, 1.807) is 11.4 Å². The number of hydrogen-bond acceptors (Lipinski definition) is 4. The van der Waals surface area contributed by atoms with Crippen LogP contribution in [0.25, 0.3) is 0 Å². The summed E-state index contributed by atoms with van der Waals surface area (Å²) in [7, 11) is -3.68. The molecule has 1 aromatic rings. The van der Waals surface area contributed by atoms with Crippen LogP contribution >= 0.6 is 11.3 Å². The standard InChI is InChI=1S/C7H10FNO3S2/c8-2-3-12-5-6-1-4-13-7(6)14(9,10)11/h1,4H,2-3,5H2,(H2,9,10,11). The fourth-order valence-electron chi connectivity index (χ4n) is 0.915. The van der Waals surface area contributed by atoms with Crippen molar-refractivity contribution in [1.82, 2.24) is 0 Å². The zero-order valence-electron chi connectivity index (χ0n) is 7.27. The van der Waals surface area contributed by atoms with Gasteiger partial charge in [0.05, 0.1) is 13.2 Å². The Bertz CT molecular complexity index is 387. The Kier molecular flexibility index (Phi) is 3.99. The van der Waals surface area contributed by atoms with Gasteiger partial charge in [-0.3, -0.25) is 0 Å². The van der Waals surface area contributed by atoms with Gasteiger partial charge in [-0.1, -0.05) is 0 Å². The summed E-state index contributed by atoms with van der Waals surface area (Å²) in [6, 6.07) is 1.60. The van der Waals surface area contributed by atoms with E-state index >= 15 is 0 Å². The molecule has 0 fully saturated rings. The first kappa shape index (κ1) is 11.6. The van der Waals surface area contributed by atoms with E-state index in [0.29, 0.717) is 5.56 Å². The molecule has 0 aliphatic carbocycles. The van der Waals surface area contributed by atoms with Crippen LogP contribution in [0.15, 0.2) is 15.7 Å². The molecule has 0 aliphatic heterocycles. The normalized spacial score (nSPS) is 11.9. The van der Waals surface area contributed by atoms with E-state index in [0.717, 1.165) is 11.3 Å². The highest BCUT2D eigenvalue weighted by molar-refractivity contribution is 7.91. The van der Waals surface area contributed by atoms with Gasteiger partial charge in [0.1, 0.15) is 10.9 Å². The quantitative estimate of drug-likeness (QED) is 0.775. The summed E-state index contributed by atoms with van der Waals surface area (Å²) >= 11 is 1.03. The molecule has 0 aromatic carbocycles. The SMILES string of the molecule is NS(=O)(=O)c1sccc1COCCF. The Morgan fingerprint density at radius 3 is 2.86 bits per heavy atom. The van der Waals surface area contributed by atoms with Gasteiger partial charge in [-0.25, -0.2) is 17.9 Å². The summed E-state index contributed by atoms with van der Waals surface area (Å²) in [4.78, 5) is 0. The van der Waals surface area contributed by atoms with Crippen LogP contribution in [0.2, 0.25) is 0 Å². The molecule has 1 rings (SSSR count). The number of alkyl halides is 1. The van der Waals surface area contributed by atoms with E-state index in [1.807, 2.05) is 0 Å². The number of thiophene rings is 1. The highest BCUT2D eigenvalue weighted by Crippen LogP contribution is 2.21. The molecule has 4 nitrogen and oxygen atoms in total.